The summed E-state index contributed by atoms with van der Waals surface area (Å²) in [5.41, 5.74) is 12.8. The highest BCUT2D eigenvalue weighted by atomic mass is 32.1. The van der Waals surface area contributed by atoms with Crippen LogP contribution in [0.5, 0.6) is 5.88 Å². The van der Waals surface area contributed by atoms with Gasteiger partial charge in [-0.05, 0) is 12.8 Å². The van der Waals surface area contributed by atoms with Crippen molar-refractivity contribution in [1.82, 2.24) is 8.75 Å². The Labute approximate surface area is 188 Å². The van der Waals surface area contributed by atoms with Gasteiger partial charge in [-0.1, -0.05) is 32.3 Å². The van der Waals surface area contributed by atoms with E-state index in [0.717, 1.165) is 48.8 Å². The first kappa shape index (κ1) is 25.2. The fraction of sp³-hybridized carbons (Fsp3) is 0.714. The highest BCUT2D eigenvalue weighted by Gasteiger charge is 2.37. The summed E-state index contributed by atoms with van der Waals surface area (Å²) in [5.74, 6) is -0.420. The van der Waals surface area contributed by atoms with E-state index in [4.69, 9.17) is 20.9 Å². The van der Waals surface area contributed by atoms with Crippen LogP contribution >= 0.6 is 11.7 Å². The zero-order valence-electron chi connectivity index (χ0n) is 18.8. The molecular formula is C21H36N5O4S+. The van der Waals surface area contributed by atoms with Crippen molar-refractivity contribution >= 4 is 29.2 Å². The number of carbonyl (C=O) groups excluding carboxylic acids is 2. The van der Waals surface area contributed by atoms with Gasteiger partial charge in [-0.2, -0.15) is 4.37 Å². The Morgan fingerprint density at radius 3 is 2.77 bits per heavy atom. The number of hydrogen-bond acceptors (Lipinski definition) is 8. The van der Waals surface area contributed by atoms with Crippen LogP contribution in [-0.2, 0) is 14.3 Å². The van der Waals surface area contributed by atoms with Gasteiger partial charge in [0.1, 0.15) is 18.3 Å². The highest BCUT2D eigenvalue weighted by molar-refractivity contribution is 6.99. The van der Waals surface area contributed by atoms with Crippen molar-refractivity contribution in [3.05, 3.63) is 11.8 Å². The maximum atomic E-state index is 12.3. The van der Waals surface area contributed by atoms with Gasteiger partial charge in [0, 0.05) is 25.3 Å². The zero-order valence-corrected chi connectivity index (χ0v) is 19.7. The number of aromatic nitrogens is 2. The Morgan fingerprint density at radius 2 is 2.06 bits per heavy atom. The number of rotatable bonds is 13. The van der Waals surface area contributed by atoms with Crippen LogP contribution in [0.25, 0.3) is 5.57 Å². The average Bonchev–Trinajstić information content (AvgIpc) is 3.20. The molecule has 2 rings (SSSR count). The predicted octanol–water partition coefficient (Wildman–Crippen LogP) is 2.21. The van der Waals surface area contributed by atoms with E-state index in [-0.39, 0.29) is 12.8 Å². The fourth-order valence-corrected chi connectivity index (χ4v) is 4.05. The Balaban J connectivity index is 1.96. The number of esters is 1. The van der Waals surface area contributed by atoms with Crippen molar-refractivity contribution in [3.63, 3.8) is 0 Å². The second kappa shape index (κ2) is 12.1. The van der Waals surface area contributed by atoms with Gasteiger partial charge in [0.2, 0.25) is 12.1 Å². The zero-order chi connectivity index (χ0) is 22.9. The largest absolute Gasteiger partial charge is 0.475 e. The van der Waals surface area contributed by atoms with E-state index < -0.39 is 24.1 Å². The third-order valence-electron chi connectivity index (χ3n) is 5.73. The van der Waals surface area contributed by atoms with Crippen molar-refractivity contribution < 1.29 is 23.5 Å². The Bertz CT molecular complexity index is 769. The highest BCUT2D eigenvalue weighted by Crippen LogP contribution is 2.31. The molecule has 0 bridgehead atoms. The maximum absolute atomic E-state index is 12.3. The smallest absolute Gasteiger partial charge is 0.327 e. The minimum atomic E-state index is -0.864. The second-order valence-electron chi connectivity index (χ2n) is 8.35. The number of primary amides is 1. The van der Waals surface area contributed by atoms with Gasteiger partial charge < -0.3 is 20.9 Å². The predicted molar refractivity (Wildman–Crippen MR) is 120 cm³/mol. The molecule has 9 nitrogen and oxygen atoms in total. The van der Waals surface area contributed by atoms with Crippen LogP contribution in [0.15, 0.2) is 6.08 Å². The van der Waals surface area contributed by atoms with Crippen molar-refractivity contribution in [2.75, 3.05) is 26.7 Å². The summed E-state index contributed by atoms with van der Waals surface area (Å²) in [6.07, 6.45) is 7.36. The van der Waals surface area contributed by atoms with E-state index in [2.05, 4.69) is 21.7 Å². The third kappa shape index (κ3) is 7.55. The second-order valence-corrected chi connectivity index (χ2v) is 8.88. The number of nitrogens with two attached hydrogens (primary N) is 2. The molecule has 2 unspecified atom stereocenters. The molecule has 0 fully saturated rings. The summed E-state index contributed by atoms with van der Waals surface area (Å²) in [4.78, 5) is 23.3. The van der Waals surface area contributed by atoms with Crippen LogP contribution in [0, 0.1) is 0 Å². The topological polar surface area (TPSA) is 130 Å². The molecule has 1 amide bonds. The molecule has 2 heterocycles. The van der Waals surface area contributed by atoms with Crippen LogP contribution in [0.2, 0.25) is 0 Å². The molecule has 1 aliphatic rings. The standard InChI is InChI=1S/C21H35N5O4S/c1-4-5-6-7-13-29-20-19(24-31-25-20)16-9-8-12-26(3,14-16)15(2)30-21(28)17(22)10-11-18(23)27/h9,15,17H,4-8,10-14,22H2,1-3H3,(H-,23,27)/p+1/t15?,17-,26?/m0/s1. The van der Waals surface area contributed by atoms with Crippen LogP contribution in [0.4, 0.5) is 0 Å². The van der Waals surface area contributed by atoms with E-state index in [9.17, 15) is 9.59 Å². The molecule has 0 radical (unpaired) electrons. The van der Waals surface area contributed by atoms with Crippen molar-refractivity contribution in [1.29, 1.82) is 0 Å². The van der Waals surface area contributed by atoms with E-state index in [1.54, 1.807) is 0 Å². The van der Waals surface area contributed by atoms with Gasteiger partial charge in [0.15, 0.2) is 0 Å². The molecule has 174 valence electrons. The molecule has 3 atom stereocenters. The van der Waals surface area contributed by atoms with Gasteiger partial charge in [-0.15, -0.1) is 4.37 Å². The first-order chi connectivity index (χ1) is 14.8. The van der Waals surface area contributed by atoms with Crippen LogP contribution in [0.1, 0.15) is 64.5 Å². The number of quaternary nitrogens is 1. The number of nitrogens with zero attached hydrogens (tertiary/aromatic N) is 3. The lowest BCUT2D eigenvalue weighted by Crippen LogP contribution is -2.56. The van der Waals surface area contributed by atoms with E-state index >= 15 is 0 Å². The molecule has 0 spiro atoms. The van der Waals surface area contributed by atoms with Crippen LogP contribution in [0.3, 0.4) is 0 Å². The Morgan fingerprint density at radius 1 is 1.29 bits per heavy atom. The molecule has 4 N–H and O–H groups in total. The average molecular weight is 455 g/mol. The molecule has 31 heavy (non-hydrogen) atoms. The molecule has 0 saturated heterocycles. The van der Waals surface area contributed by atoms with Gasteiger partial charge in [0.25, 0.3) is 5.88 Å². The number of hydrogen-bond donors (Lipinski definition) is 2. The molecule has 0 aromatic carbocycles. The SMILES string of the molecule is CCCCCCOc1nsnc1C1=CCC[N+](C)(C(C)OC(=O)[C@@H](N)CCC(N)=O)C1. The lowest BCUT2D eigenvalue weighted by molar-refractivity contribution is -0.944. The minimum Gasteiger partial charge on any atom is -0.475 e. The quantitative estimate of drug-likeness (QED) is 0.265. The maximum Gasteiger partial charge on any atom is 0.327 e. The van der Waals surface area contributed by atoms with Crippen molar-refractivity contribution in [2.45, 2.75) is 71.1 Å². The summed E-state index contributed by atoms with van der Waals surface area (Å²) in [6, 6.07) is -0.864. The van der Waals surface area contributed by atoms with E-state index in [1.165, 1.54) is 12.8 Å². The first-order valence-corrected chi connectivity index (χ1v) is 11.7. The van der Waals surface area contributed by atoms with E-state index in [1.807, 2.05) is 14.0 Å². The summed E-state index contributed by atoms with van der Waals surface area (Å²) in [5, 5.41) is 0. The van der Waals surface area contributed by atoms with E-state index in [0.29, 0.717) is 23.5 Å². The van der Waals surface area contributed by atoms with Crippen molar-refractivity contribution in [2.24, 2.45) is 11.5 Å². The van der Waals surface area contributed by atoms with Crippen LogP contribution < -0.4 is 16.2 Å². The van der Waals surface area contributed by atoms with Gasteiger partial charge >= 0.3 is 5.97 Å². The van der Waals surface area contributed by atoms with Gasteiger partial charge in [-0.3, -0.25) is 14.1 Å². The molecule has 1 aliphatic heterocycles. The molecule has 0 saturated carbocycles. The lowest BCUT2D eigenvalue weighted by Gasteiger charge is -2.41. The molecule has 0 aliphatic carbocycles. The summed E-state index contributed by atoms with van der Waals surface area (Å²) < 4.78 is 20.8. The number of unbranched alkanes of at least 4 members (excludes halogenated alkanes) is 3. The summed E-state index contributed by atoms with van der Waals surface area (Å²) >= 11 is 1.15. The number of carbonyl (C=O) groups is 2. The first-order valence-electron chi connectivity index (χ1n) is 11.0. The number of ether oxygens (including phenoxy) is 2. The summed E-state index contributed by atoms with van der Waals surface area (Å²) in [6.45, 7) is 6.14. The van der Waals surface area contributed by atoms with Crippen LogP contribution in [-0.4, -0.2) is 64.1 Å². The normalized spacial score (nSPS) is 20.6. The number of likely N-dealkylation sites (N-methyl/N-ethyl adjacent to an activating group) is 1. The van der Waals surface area contributed by atoms with Gasteiger partial charge in [0.05, 0.1) is 31.9 Å². The number of amides is 1. The fourth-order valence-electron chi connectivity index (χ4n) is 3.52. The summed E-state index contributed by atoms with van der Waals surface area (Å²) in [7, 11) is 2.05. The molecular weight excluding hydrogens is 418 g/mol. The lowest BCUT2D eigenvalue weighted by atomic mass is 10.0. The Hall–Kier alpha value is -2.04. The minimum absolute atomic E-state index is 0.0572. The third-order valence-corrected chi connectivity index (χ3v) is 6.24. The van der Waals surface area contributed by atoms with Crippen molar-refractivity contribution in [3.8, 4) is 5.88 Å². The molecule has 1 aromatic rings. The Kier molecular flexibility index (Phi) is 9.86. The molecule has 1 aromatic heterocycles. The molecule has 10 heteroatoms. The van der Waals surface area contributed by atoms with Gasteiger partial charge in [-0.25, -0.2) is 0 Å². The monoisotopic (exact) mass is 454 g/mol.